The molecule has 18 heavy (non-hydrogen) atoms. The van der Waals surface area contributed by atoms with E-state index in [1.807, 2.05) is 24.3 Å². The van der Waals surface area contributed by atoms with Crippen LogP contribution in [0.4, 0.5) is 0 Å². The van der Waals surface area contributed by atoms with Crippen molar-refractivity contribution in [2.75, 3.05) is 0 Å². The van der Waals surface area contributed by atoms with E-state index < -0.39 is 0 Å². The molecule has 0 bridgehead atoms. The van der Waals surface area contributed by atoms with E-state index in [2.05, 4.69) is 12.6 Å². The van der Waals surface area contributed by atoms with Gasteiger partial charge >= 0.3 is 0 Å². The lowest BCUT2D eigenvalue weighted by atomic mass is 10.2. The second-order valence-electron chi connectivity index (χ2n) is 3.78. The van der Waals surface area contributed by atoms with Crippen LogP contribution in [0.3, 0.4) is 0 Å². The summed E-state index contributed by atoms with van der Waals surface area (Å²) in [6, 6.07) is 14.5. The molecule has 0 amide bonds. The van der Waals surface area contributed by atoms with Gasteiger partial charge in [0.05, 0.1) is 0 Å². The number of phenols is 1. The summed E-state index contributed by atoms with van der Waals surface area (Å²) in [6.07, 6.45) is 0. The molecule has 0 aromatic heterocycles. The van der Waals surface area contributed by atoms with E-state index in [1.54, 1.807) is 36.0 Å². The number of thiol groups is 1. The van der Waals surface area contributed by atoms with Crippen LogP contribution < -0.4 is 0 Å². The predicted molar refractivity (Wildman–Crippen MR) is 77.4 cm³/mol. The Morgan fingerprint density at radius 1 is 1.06 bits per heavy atom. The highest BCUT2D eigenvalue weighted by atomic mass is 32.2. The highest BCUT2D eigenvalue weighted by Gasteiger charge is 2.01. The summed E-state index contributed by atoms with van der Waals surface area (Å²) in [7, 11) is 0. The predicted octanol–water partition coefficient (Wildman–Crippen LogP) is 3.75. The first-order chi connectivity index (χ1) is 8.65. The maximum Gasteiger partial charge on any atom is 0.216 e. The third-order valence-electron chi connectivity index (χ3n) is 2.44. The van der Waals surface area contributed by atoms with E-state index in [0.29, 0.717) is 5.56 Å². The fourth-order valence-electron chi connectivity index (χ4n) is 1.45. The Labute approximate surface area is 115 Å². The molecule has 0 unspecified atom stereocenters. The summed E-state index contributed by atoms with van der Waals surface area (Å²) in [4.78, 5) is 12.1. The van der Waals surface area contributed by atoms with Gasteiger partial charge in [0.2, 0.25) is 5.12 Å². The number of hydrogen-bond donors (Lipinski definition) is 2. The molecular weight excluding hydrogens is 264 g/mol. The molecule has 0 radical (unpaired) electrons. The van der Waals surface area contributed by atoms with Crippen LogP contribution in [0.5, 0.6) is 5.75 Å². The van der Waals surface area contributed by atoms with Crippen molar-refractivity contribution in [3.05, 3.63) is 59.7 Å². The number of carbonyl (C=O) groups excluding carboxylic acids is 1. The Kier molecular flexibility index (Phi) is 4.33. The van der Waals surface area contributed by atoms with E-state index in [0.717, 1.165) is 16.2 Å². The largest absolute Gasteiger partial charge is 0.508 e. The van der Waals surface area contributed by atoms with Crippen LogP contribution in [0.25, 0.3) is 0 Å². The highest BCUT2D eigenvalue weighted by Crippen LogP contribution is 2.24. The first-order valence-electron chi connectivity index (χ1n) is 5.39. The van der Waals surface area contributed by atoms with Crippen molar-refractivity contribution in [2.45, 2.75) is 10.6 Å². The molecule has 0 spiro atoms. The van der Waals surface area contributed by atoms with Crippen molar-refractivity contribution in [2.24, 2.45) is 0 Å². The second kappa shape index (κ2) is 5.98. The van der Waals surface area contributed by atoms with Gasteiger partial charge in [0.25, 0.3) is 0 Å². The minimum atomic E-state index is -0.215. The van der Waals surface area contributed by atoms with Gasteiger partial charge in [-0.25, -0.2) is 0 Å². The zero-order chi connectivity index (χ0) is 13.0. The van der Waals surface area contributed by atoms with E-state index >= 15 is 0 Å². The van der Waals surface area contributed by atoms with Crippen LogP contribution in [0.15, 0.2) is 53.4 Å². The average Bonchev–Trinajstić information content (AvgIpc) is 2.38. The van der Waals surface area contributed by atoms with Gasteiger partial charge in [0, 0.05) is 16.2 Å². The number of thioether (sulfide) groups is 1. The lowest BCUT2D eigenvalue weighted by Gasteiger charge is -2.03. The summed E-state index contributed by atoms with van der Waals surface area (Å²) in [6.45, 7) is 0. The second-order valence-corrected chi connectivity index (χ2v) is 5.24. The monoisotopic (exact) mass is 276 g/mol. The van der Waals surface area contributed by atoms with E-state index in [9.17, 15) is 9.90 Å². The fourth-order valence-corrected chi connectivity index (χ4v) is 2.46. The van der Waals surface area contributed by atoms with Crippen LogP contribution in [-0.2, 0) is 5.75 Å². The zero-order valence-corrected chi connectivity index (χ0v) is 11.2. The van der Waals surface area contributed by atoms with E-state index in [1.165, 1.54) is 0 Å². The van der Waals surface area contributed by atoms with E-state index in [-0.39, 0.29) is 10.9 Å². The number of aromatic hydroxyl groups is 1. The fraction of sp³-hybridized carbons (Fsp3) is 0.0714. The highest BCUT2D eigenvalue weighted by molar-refractivity contribution is 7.98. The molecule has 0 heterocycles. The summed E-state index contributed by atoms with van der Waals surface area (Å²) in [5.41, 5.74) is 1.75. The van der Waals surface area contributed by atoms with E-state index in [4.69, 9.17) is 0 Å². The number of benzene rings is 2. The lowest BCUT2D eigenvalue weighted by molar-refractivity contribution is 0.109. The Bertz CT molecular complexity index is 533. The molecule has 0 saturated carbocycles. The topological polar surface area (TPSA) is 37.3 Å². The van der Waals surface area contributed by atoms with Crippen LogP contribution in [-0.4, -0.2) is 10.2 Å². The maximum atomic E-state index is 11.0. The molecule has 0 fully saturated rings. The Balaban J connectivity index is 1.97. The summed E-state index contributed by atoms with van der Waals surface area (Å²) in [5.74, 6) is 1.10. The van der Waals surface area contributed by atoms with Crippen molar-refractivity contribution in [3.8, 4) is 5.75 Å². The molecular formula is C14H12O2S2. The number of rotatable bonds is 4. The van der Waals surface area contributed by atoms with Crippen LogP contribution >= 0.6 is 24.4 Å². The van der Waals surface area contributed by atoms with Gasteiger partial charge in [-0.1, -0.05) is 24.3 Å². The molecule has 0 aliphatic rings. The first-order valence-corrected chi connectivity index (χ1v) is 6.82. The van der Waals surface area contributed by atoms with Gasteiger partial charge in [0.15, 0.2) is 0 Å². The van der Waals surface area contributed by atoms with Gasteiger partial charge in [0.1, 0.15) is 5.75 Å². The summed E-state index contributed by atoms with van der Waals surface area (Å²) >= 11 is 5.45. The molecule has 2 rings (SSSR count). The van der Waals surface area contributed by atoms with Crippen molar-refractivity contribution < 1.29 is 9.90 Å². The summed E-state index contributed by atoms with van der Waals surface area (Å²) in [5, 5.41) is 8.96. The maximum absolute atomic E-state index is 11.0. The number of phenolic OH excluding ortho intramolecular Hbond substituents is 1. The van der Waals surface area contributed by atoms with Gasteiger partial charge in [-0.15, -0.1) is 24.4 Å². The van der Waals surface area contributed by atoms with Gasteiger partial charge in [-0.3, -0.25) is 4.79 Å². The number of hydrogen-bond acceptors (Lipinski definition) is 3. The molecule has 92 valence electrons. The van der Waals surface area contributed by atoms with Crippen molar-refractivity contribution in [1.82, 2.24) is 0 Å². The molecule has 2 aromatic carbocycles. The Hall–Kier alpha value is -1.39. The average molecular weight is 276 g/mol. The molecule has 0 atom stereocenters. The standard InChI is InChI=1S/C14H12O2S2/c15-12-5-7-13(8-6-12)18-9-10-1-3-11(4-2-10)14(16)17/h1-8,15H,9H2,(H,16,17). The first kappa shape index (κ1) is 13.1. The SMILES string of the molecule is O=C(S)c1ccc(CSc2ccc(O)cc2)cc1. The minimum absolute atomic E-state index is 0.215. The molecule has 4 heteroatoms. The van der Waals surface area contributed by atoms with Crippen molar-refractivity contribution in [3.63, 3.8) is 0 Å². The third-order valence-corrected chi connectivity index (χ3v) is 3.78. The normalized spacial score (nSPS) is 10.3. The molecule has 0 aliphatic carbocycles. The molecule has 0 saturated heterocycles. The minimum Gasteiger partial charge on any atom is -0.508 e. The zero-order valence-electron chi connectivity index (χ0n) is 9.54. The quantitative estimate of drug-likeness (QED) is 0.659. The molecule has 0 aliphatic heterocycles. The smallest absolute Gasteiger partial charge is 0.216 e. The molecule has 2 aromatic rings. The van der Waals surface area contributed by atoms with Crippen LogP contribution in [0.2, 0.25) is 0 Å². The molecule has 1 N–H and O–H groups in total. The summed E-state index contributed by atoms with van der Waals surface area (Å²) < 4.78 is 0. The van der Waals surface area contributed by atoms with Gasteiger partial charge in [-0.05, 0) is 29.8 Å². The molecule has 2 nitrogen and oxygen atoms in total. The van der Waals surface area contributed by atoms with Crippen molar-refractivity contribution >= 4 is 29.5 Å². The third kappa shape index (κ3) is 3.55. The van der Waals surface area contributed by atoms with Gasteiger partial charge < -0.3 is 5.11 Å². The van der Waals surface area contributed by atoms with Crippen molar-refractivity contribution in [1.29, 1.82) is 0 Å². The lowest BCUT2D eigenvalue weighted by Crippen LogP contribution is -1.89. The van der Waals surface area contributed by atoms with Crippen LogP contribution in [0, 0.1) is 0 Å². The Morgan fingerprint density at radius 3 is 2.22 bits per heavy atom. The Morgan fingerprint density at radius 2 is 1.67 bits per heavy atom. The van der Waals surface area contributed by atoms with Gasteiger partial charge in [-0.2, -0.15) is 0 Å². The number of carbonyl (C=O) groups is 1. The van der Waals surface area contributed by atoms with Crippen LogP contribution in [0.1, 0.15) is 15.9 Å².